The molecule has 0 aromatic carbocycles. The lowest BCUT2D eigenvalue weighted by Crippen LogP contribution is -2.37. The summed E-state index contributed by atoms with van der Waals surface area (Å²) >= 11 is 1.46. The number of carbonyl (C=O) groups excluding carboxylic acids is 2. The summed E-state index contributed by atoms with van der Waals surface area (Å²) in [7, 11) is 0. The van der Waals surface area contributed by atoms with Gasteiger partial charge in [-0.3, -0.25) is 9.59 Å². The van der Waals surface area contributed by atoms with Crippen molar-refractivity contribution >= 4 is 28.3 Å². The zero-order valence-corrected chi connectivity index (χ0v) is 17.0. The molecule has 0 saturated carbocycles. The molecule has 0 aliphatic carbocycles. The maximum atomic E-state index is 12.3. The van der Waals surface area contributed by atoms with E-state index in [-0.39, 0.29) is 18.4 Å². The van der Waals surface area contributed by atoms with Gasteiger partial charge in [0.15, 0.2) is 5.13 Å². The second kappa shape index (κ2) is 12.0. The standard InChI is InChI=1S/C19H33N3O2S/c1-5-7-8-9-10-11-12-13-18(24)22(6-2)14-17(23)21-19-20-15(3)16(4)25-19/h5-14H2,1-4H3,(H,20,21,23). The molecular weight excluding hydrogens is 334 g/mol. The predicted molar refractivity (Wildman–Crippen MR) is 105 cm³/mol. The quantitative estimate of drug-likeness (QED) is 0.545. The van der Waals surface area contributed by atoms with Crippen molar-refractivity contribution in [3.8, 4) is 0 Å². The molecule has 0 aliphatic heterocycles. The lowest BCUT2D eigenvalue weighted by molar-refractivity contribution is -0.134. The third-order valence-corrected chi connectivity index (χ3v) is 5.33. The van der Waals surface area contributed by atoms with Crippen LogP contribution in [0.15, 0.2) is 0 Å². The van der Waals surface area contributed by atoms with Gasteiger partial charge in [0.1, 0.15) is 0 Å². The molecule has 1 aromatic rings. The van der Waals surface area contributed by atoms with Crippen LogP contribution < -0.4 is 5.32 Å². The highest BCUT2D eigenvalue weighted by Gasteiger charge is 2.16. The van der Waals surface area contributed by atoms with Crippen LogP contribution in [0.5, 0.6) is 0 Å². The summed E-state index contributed by atoms with van der Waals surface area (Å²) in [6.45, 7) is 8.68. The number of amides is 2. The lowest BCUT2D eigenvalue weighted by Gasteiger charge is -2.20. The summed E-state index contributed by atoms with van der Waals surface area (Å²) in [6, 6.07) is 0. The number of hydrogen-bond acceptors (Lipinski definition) is 4. The van der Waals surface area contributed by atoms with Gasteiger partial charge < -0.3 is 10.2 Å². The summed E-state index contributed by atoms with van der Waals surface area (Å²) in [4.78, 5) is 31.5. The van der Waals surface area contributed by atoms with Gasteiger partial charge in [-0.1, -0.05) is 45.4 Å². The number of thiazole rings is 1. The molecule has 1 aromatic heterocycles. The van der Waals surface area contributed by atoms with Crippen molar-refractivity contribution in [3.63, 3.8) is 0 Å². The molecule has 0 spiro atoms. The van der Waals surface area contributed by atoms with E-state index < -0.39 is 0 Å². The molecule has 0 radical (unpaired) electrons. The van der Waals surface area contributed by atoms with Crippen molar-refractivity contribution in [2.24, 2.45) is 0 Å². The second-order valence-electron chi connectivity index (χ2n) is 6.49. The first-order chi connectivity index (χ1) is 12.0. The topological polar surface area (TPSA) is 62.3 Å². The SMILES string of the molecule is CCCCCCCCCC(=O)N(CC)CC(=O)Nc1nc(C)c(C)s1. The Balaban J connectivity index is 2.29. The Labute approximate surface area is 156 Å². The number of hydrogen-bond donors (Lipinski definition) is 1. The maximum Gasteiger partial charge on any atom is 0.245 e. The van der Waals surface area contributed by atoms with E-state index in [1.54, 1.807) is 4.90 Å². The zero-order valence-electron chi connectivity index (χ0n) is 16.2. The normalized spacial score (nSPS) is 10.7. The van der Waals surface area contributed by atoms with Gasteiger partial charge in [0.2, 0.25) is 11.8 Å². The average Bonchev–Trinajstić information content (AvgIpc) is 2.89. The van der Waals surface area contributed by atoms with E-state index in [1.807, 2.05) is 20.8 Å². The molecule has 1 N–H and O–H groups in total. The number of likely N-dealkylation sites (N-methyl/N-ethyl adjacent to an activating group) is 1. The van der Waals surface area contributed by atoms with Gasteiger partial charge in [-0.2, -0.15) is 0 Å². The minimum atomic E-state index is -0.177. The fourth-order valence-electron chi connectivity index (χ4n) is 2.63. The van der Waals surface area contributed by atoms with Crippen molar-refractivity contribution in [2.75, 3.05) is 18.4 Å². The Bertz CT molecular complexity index is 523. The maximum absolute atomic E-state index is 12.3. The Morgan fingerprint density at radius 3 is 2.24 bits per heavy atom. The number of anilines is 1. The molecule has 0 atom stereocenters. The predicted octanol–water partition coefficient (Wildman–Crippen LogP) is 4.69. The van der Waals surface area contributed by atoms with Gasteiger partial charge in [-0.15, -0.1) is 11.3 Å². The molecule has 0 aliphatic rings. The Morgan fingerprint density at radius 2 is 1.68 bits per heavy atom. The van der Waals surface area contributed by atoms with Crippen molar-refractivity contribution in [2.45, 2.75) is 79.1 Å². The fourth-order valence-corrected chi connectivity index (χ4v) is 3.46. The van der Waals surface area contributed by atoms with Gasteiger partial charge in [-0.05, 0) is 27.2 Å². The Morgan fingerprint density at radius 1 is 1.04 bits per heavy atom. The fraction of sp³-hybridized carbons (Fsp3) is 0.737. The van der Waals surface area contributed by atoms with E-state index in [0.29, 0.717) is 18.1 Å². The molecule has 0 fully saturated rings. The van der Waals surface area contributed by atoms with E-state index in [0.717, 1.165) is 23.4 Å². The monoisotopic (exact) mass is 367 g/mol. The second-order valence-corrected chi connectivity index (χ2v) is 7.69. The minimum absolute atomic E-state index is 0.0673. The van der Waals surface area contributed by atoms with Crippen LogP contribution >= 0.6 is 11.3 Å². The molecule has 0 saturated heterocycles. The highest BCUT2D eigenvalue weighted by molar-refractivity contribution is 7.15. The molecule has 0 bridgehead atoms. The molecule has 2 amide bonds. The molecule has 1 rings (SSSR count). The highest BCUT2D eigenvalue weighted by Crippen LogP contribution is 2.21. The van der Waals surface area contributed by atoms with E-state index in [4.69, 9.17) is 0 Å². The number of rotatable bonds is 12. The van der Waals surface area contributed by atoms with Gasteiger partial charge in [0.05, 0.1) is 12.2 Å². The van der Waals surface area contributed by atoms with Crippen LogP contribution in [0, 0.1) is 13.8 Å². The first kappa shape index (κ1) is 21.6. The van der Waals surface area contributed by atoms with E-state index in [1.165, 1.54) is 43.4 Å². The van der Waals surface area contributed by atoms with E-state index in [9.17, 15) is 9.59 Å². The van der Waals surface area contributed by atoms with Gasteiger partial charge in [0.25, 0.3) is 0 Å². The minimum Gasteiger partial charge on any atom is -0.334 e. The van der Waals surface area contributed by atoms with Crippen molar-refractivity contribution < 1.29 is 9.59 Å². The lowest BCUT2D eigenvalue weighted by atomic mass is 10.1. The summed E-state index contributed by atoms with van der Waals surface area (Å²) < 4.78 is 0. The van der Waals surface area contributed by atoms with Crippen LogP contribution in [-0.2, 0) is 9.59 Å². The van der Waals surface area contributed by atoms with Crippen LogP contribution in [0.1, 0.15) is 75.8 Å². The van der Waals surface area contributed by atoms with Crippen molar-refractivity contribution in [1.82, 2.24) is 9.88 Å². The van der Waals surface area contributed by atoms with Crippen LogP contribution in [-0.4, -0.2) is 34.8 Å². The zero-order chi connectivity index (χ0) is 18.7. The Hall–Kier alpha value is -1.43. The number of aromatic nitrogens is 1. The molecule has 5 nitrogen and oxygen atoms in total. The van der Waals surface area contributed by atoms with Crippen molar-refractivity contribution in [1.29, 1.82) is 0 Å². The van der Waals surface area contributed by atoms with Crippen LogP contribution in [0.4, 0.5) is 5.13 Å². The number of aryl methyl sites for hydroxylation is 2. The largest absolute Gasteiger partial charge is 0.334 e. The molecule has 1 heterocycles. The smallest absolute Gasteiger partial charge is 0.245 e. The third-order valence-electron chi connectivity index (χ3n) is 4.34. The first-order valence-electron chi connectivity index (χ1n) is 9.49. The molecule has 6 heteroatoms. The van der Waals surface area contributed by atoms with Gasteiger partial charge in [-0.25, -0.2) is 4.98 Å². The van der Waals surface area contributed by atoms with E-state index in [2.05, 4.69) is 17.2 Å². The first-order valence-corrected chi connectivity index (χ1v) is 10.3. The number of carbonyl (C=O) groups is 2. The summed E-state index contributed by atoms with van der Waals surface area (Å²) in [5.74, 6) is -0.110. The van der Waals surface area contributed by atoms with Crippen LogP contribution in [0.25, 0.3) is 0 Å². The van der Waals surface area contributed by atoms with E-state index >= 15 is 0 Å². The number of nitrogens with zero attached hydrogens (tertiary/aromatic N) is 2. The number of unbranched alkanes of at least 4 members (excludes halogenated alkanes) is 6. The molecule has 0 unspecified atom stereocenters. The van der Waals surface area contributed by atoms with Gasteiger partial charge >= 0.3 is 0 Å². The summed E-state index contributed by atoms with van der Waals surface area (Å²) in [5.41, 5.74) is 0.933. The van der Waals surface area contributed by atoms with Gasteiger partial charge in [0, 0.05) is 17.8 Å². The summed E-state index contributed by atoms with van der Waals surface area (Å²) in [6.07, 6.45) is 8.84. The highest BCUT2D eigenvalue weighted by atomic mass is 32.1. The average molecular weight is 368 g/mol. The Kier molecular flexibility index (Phi) is 10.4. The molecule has 25 heavy (non-hydrogen) atoms. The van der Waals surface area contributed by atoms with Crippen molar-refractivity contribution in [3.05, 3.63) is 10.6 Å². The third kappa shape index (κ3) is 8.47. The van der Waals surface area contributed by atoms with Crippen LogP contribution in [0.3, 0.4) is 0 Å². The molecular formula is C19H33N3O2S. The van der Waals surface area contributed by atoms with Crippen LogP contribution in [0.2, 0.25) is 0 Å². The number of nitrogens with one attached hydrogen (secondary N) is 1. The summed E-state index contributed by atoms with van der Waals surface area (Å²) in [5, 5.41) is 3.40. The molecule has 142 valence electrons.